The van der Waals surface area contributed by atoms with Crippen LogP contribution in [0, 0.1) is 0 Å². The Hall–Kier alpha value is -3.37. The highest BCUT2D eigenvalue weighted by Gasteiger charge is 2.41. The molecule has 0 saturated carbocycles. The zero-order valence-corrected chi connectivity index (χ0v) is 17.3. The lowest BCUT2D eigenvalue weighted by Gasteiger charge is -2.28. The highest BCUT2D eigenvalue weighted by Crippen LogP contribution is 2.45. The van der Waals surface area contributed by atoms with Crippen molar-refractivity contribution in [3.8, 4) is 11.3 Å². The Morgan fingerprint density at radius 3 is 2.55 bits per heavy atom. The van der Waals surface area contributed by atoms with Crippen molar-refractivity contribution in [1.29, 1.82) is 0 Å². The molecule has 6 rings (SSSR count). The summed E-state index contributed by atoms with van der Waals surface area (Å²) in [5, 5.41) is 1.16. The number of aromatic amines is 1. The van der Waals surface area contributed by atoms with Crippen molar-refractivity contribution in [2.75, 3.05) is 13.2 Å². The lowest BCUT2D eigenvalue weighted by atomic mass is 9.93. The van der Waals surface area contributed by atoms with Crippen molar-refractivity contribution >= 4 is 16.8 Å². The summed E-state index contributed by atoms with van der Waals surface area (Å²) in [6, 6.07) is 26.7. The normalized spacial score (nSPS) is 20.5. The summed E-state index contributed by atoms with van der Waals surface area (Å²) in [7, 11) is 0. The first-order chi connectivity index (χ1) is 15.3. The lowest BCUT2D eigenvalue weighted by Crippen LogP contribution is -2.35. The van der Waals surface area contributed by atoms with Gasteiger partial charge in [-0.3, -0.25) is 4.79 Å². The quantitative estimate of drug-likeness (QED) is 0.481. The van der Waals surface area contributed by atoms with Crippen molar-refractivity contribution in [2.24, 2.45) is 0 Å². The first-order valence-electron chi connectivity index (χ1n) is 11.0. The minimum Gasteiger partial charge on any atom is -0.376 e. The van der Waals surface area contributed by atoms with E-state index in [9.17, 15) is 4.79 Å². The third-order valence-corrected chi connectivity index (χ3v) is 6.56. The van der Waals surface area contributed by atoms with Gasteiger partial charge in [-0.1, -0.05) is 66.7 Å². The second-order valence-electron chi connectivity index (χ2n) is 8.41. The SMILES string of the molecule is O=C1c2ccccc2[C@H](c2c(-c3ccccc3)[nH]c3ccccc23)N1C[C@H]1CCCO1. The number of fused-ring (bicyclic) bond motifs is 2. The smallest absolute Gasteiger partial charge is 0.255 e. The first kappa shape index (κ1) is 18.4. The number of hydrogen-bond acceptors (Lipinski definition) is 2. The molecular weight excluding hydrogens is 384 g/mol. The molecule has 4 aromatic rings. The predicted molar refractivity (Wildman–Crippen MR) is 122 cm³/mol. The summed E-state index contributed by atoms with van der Waals surface area (Å²) in [6.45, 7) is 1.40. The summed E-state index contributed by atoms with van der Waals surface area (Å²) in [6.07, 6.45) is 2.17. The number of benzene rings is 3. The van der Waals surface area contributed by atoms with Gasteiger partial charge in [0.25, 0.3) is 5.91 Å². The van der Waals surface area contributed by atoms with Crippen LogP contribution in [-0.4, -0.2) is 35.0 Å². The van der Waals surface area contributed by atoms with Gasteiger partial charge in [0.1, 0.15) is 0 Å². The number of hydrogen-bond donors (Lipinski definition) is 1. The summed E-state index contributed by atoms with van der Waals surface area (Å²) < 4.78 is 5.93. The predicted octanol–water partition coefficient (Wildman–Crippen LogP) is 5.56. The third-order valence-electron chi connectivity index (χ3n) is 6.56. The third kappa shape index (κ3) is 2.98. The topological polar surface area (TPSA) is 45.3 Å². The number of carbonyl (C=O) groups excluding carboxylic acids is 1. The molecule has 3 heterocycles. The van der Waals surface area contributed by atoms with E-state index in [2.05, 4.69) is 59.6 Å². The van der Waals surface area contributed by atoms with Crippen LogP contribution < -0.4 is 0 Å². The Balaban J connectivity index is 1.58. The van der Waals surface area contributed by atoms with Crippen LogP contribution in [0.25, 0.3) is 22.2 Å². The highest BCUT2D eigenvalue weighted by atomic mass is 16.5. The van der Waals surface area contributed by atoms with Crippen LogP contribution in [0.5, 0.6) is 0 Å². The zero-order valence-electron chi connectivity index (χ0n) is 17.3. The summed E-state index contributed by atoms with van der Waals surface area (Å²) in [4.78, 5) is 19.2. The van der Waals surface area contributed by atoms with E-state index in [1.54, 1.807) is 0 Å². The standard InChI is InChI=1S/C27H24N2O2/c30-27-21-13-5-4-12-20(21)26(29(27)17-19-11-8-16-31-19)24-22-14-6-7-15-23(22)28-25(24)18-9-2-1-3-10-18/h1-7,9-10,12-15,19,26,28H,8,11,16-17H2/t19-,26-/m1/s1. The van der Waals surface area contributed by atoms with Gasteiger partial charge in [0.2, 0.25) is 0 Å². The summed E-state index contributed by atoms with van der Waals surface area (Å²) >= 11 is 0. The van der Waals surface area contributed by atoms with Gasteiger partial charge in [-0.05, 0) is 36.1 Å². The van der Waals surface area contributed by atoms with Crippen LogP contribution in [0.4, 0.5) is 0 Å². The molecule has 2 aliphatic heterocycles. The second-order valence-corrected chi connectivity index (χ2v) is 8.41. The maximum Gasteiger partial charge on any atom is 0.255 e. The highest BCUT2D eigenvalue weighted by molar-refractivity contribution is 6.02. The average Bonchev–Trinajstić information content (AvgIpc) is 3.53. The molecule has 3 aromatic carbocycles. The number of aromatic nitrogens is 1. The molecule has 4 nitrogen and oxygen atoms in total. The molecule has 154 valence electrons. The largest absolute Gasteiger partial charge is 0.376 e. The number of rotatable bonds is 4. The van der Waals surface area contributed by atoms with Crippen molar-refractivity contribution in [1.82, 2.24) is 9.88 Å². The molecule has 2 aliphatic rings. The van der Waals surface area contributed by atoms with Crippen LogP contribution in [0.1, 0.15) is 40.4 Å². The Morgan fingerprint density at radius 2 is 1.71 bits per heavy atom. The van der Waals surface area contributed by atoms with Gasteiger partial charge >= 0.3 is 0 Å². The van der Waals surface area contributed by atoms with E-state index < -0.39 is 0 Å². The van der Waals surface area contributed by atoms with Crippen LogP contribution >= 0.6 is 0 Å². The molecule has 1 fully saturated rings. The number of carbonyl (C=O) groups is 1. The van der Waals surface area contributed by atoms with Crippen molar-refractivity contribution < 1.29 is 9.53 Å². The van der Waals surface area contributed by atoms with Gasteiger partial charge in [0.05, 0.1) is 17.8 Å². The van der Waals surface area contributed by atoms with E-state index in [4.69, 9.17) is 4.74 Å². The monoisotopic (exact) mass is 408 g/mol. The fourth-order valence-corrected chi connectivity index (χ4v) is 5.16. The lowest BCUT2D eigenvalue weighted by molar-refractivity contribution is 0.0501. The zero-order chi connectivity index (χ0) is 20.8. The minimum atomic E-state index is -0.140. The number of ether oxygens (including phenoxy) is 1. The summed E-state index contributed by atoms with van der Waals surface area (Å²) in [5.74, 6) is 0.0976. The van der Waals surface area contributed by atoms with Crippen molar-refractivity contribution in [3.63, 3.8) is 0 Å². The average molecular weight is 409 g/mol. The summed E-state index contributed by atoms with van der Waals surface area (Å²) in [5.41, 5.74) is 6.34. The molecule has 0 unspecified atom stereocenters. The van der Waals surface area contributed by atoms with E-state index >= 15 is 0 Å². The minimum absolute atomic E-state index is 0.0976. The van der Waals surface area contributed by atoms with E-state index in [0.29, 0.717) is 6.54 Å². The Labute approximate surface area is 181 Å². The molecule has 2 atom stereocenters. The Morgan fingerprint density at radius 1 is 0.935 bits per heavy atom. The molecular formula is C27H24N2O2. The molecule has 1 amide bonds. The Bertz CT molecular complexity index is 1250. The number of para-hydroxylation sites is 1. The second kappa shape index (κ2) is 7.40. The molecule has 31 heavy (non-hydrogen) atoms. The van der Waals surface area contributed by atoms with Gasteiger partial charge in [-0.25, -0.2) is 0 Å². The van der Waals surface area contributed by atoms with E-state index in [0.717, 1.165) is 58.3 Å². The maximum absolute atomic E-state index is 13.5. The van der Waals surface area contributed by atoms with Crippen molar-refractivity contribution in [2.45, 2.75) is 25.0 Å². The molecule has 1 aromatic heterocycles. The van der Waals surface area contributed by atoms with Gasteiger partial charge < -0.3 is 14.6 Å². The first-order valence-corrected chi connectivity index (χ1v) is 11.0. The van der Waals surface area contributed by atoms with E-state index in [1.165, 1.54) is 0 Å². The molecule has 0 spiro atoms. The molecule has 0 aliphatic carbocycles. The number of nitrogens with zero attached hydrogens (tertiary/aromatic N) is 1. The fourth-order valence-electron chi connectivity index (χ4n) is 5.16. The molecule has 1 saturated heterocycles. The van der Waals surface area contributed by atoms with E-state index in [-0.39, 0.29) is 18.1 Å². The number of H-pyrrole nitrogens is 1. The van der Waals surface area contributed by atoms with E-state index in [1.807, 2.05) is 29.2 Å². The van der Waals surface area contributed by atoms with Crippen LogP contribution in [-0.2, 0) is 4.74 Å². The van der Waals surface area contributed by atoms with Gasteiger partial charge in [-0.15, -0.1) is 0 Å². The fraction of sp³-hybridized carbons (Fsp3) is 0.222. The van der Waals surface area contributed by atoms with Gasteiger partial charge in [0.15, 0.2) is 0 Å². The van der Waals surface area contributed by atoms with Crippen LogP contribution in [0.15, 0.2) is 78.9 Å². The Kier molecular flexibility index (Phi) is 4.39. The number of nitrogens with one attached hydrogen (secondary N) is 1. The van der Waals surface area contributed by atoms with Gasteiger partial charge in [-0.2, -0.15) is 0 Å². The van der Waals surface area contributed by atoms with Crippen LogP contribution in [0.3, 0.4) is 0 Å². The van der Waals surface area contributed by atoms with Gasteiger partial charge in [0, 0.05) is 35.2 Å². The molecule has 0 bridgehead atoms. The van der Waals surface area contributed by atoms with Crippen LogP contribution in [0.2, 0.25) is 0 Å². The maximum atomic E-state index is 13.5. The molecule has 1 N–H and O–H groups in total. The molecule has 0 radical (unpaired) electrons. The van der Waals surface area contributed by atoms with Crippen molar-refractivity contribution in [3.05, 3.63) is 95.6 Å². The molecule has 4 heteroatoms. The number of amides is 1.